The van der Waals surface area contributed by atoms with Crippen LogP contribution in [0.25, 0.3) is 0 Å². The first-order chi connectivity index (χ1) is 7.52. The molecule has 0 bridgehead atoms. The summed E-state index contributed by atoms with van der Waals surface area (Å²) >= 11 is 3.53. The van der Waals surface area contributed by atoms with Gasteiger partial charge in [-0.15, -0.1) is 0 Å². The summed E-state index contributed by atoms with van der Waals surface area (Å²) in [6.45, 7) is 4.18. The Labute approximate surface area is 104 Å². The number of benzene rings is 1. The van der Waals surface area contributed by atoms with Gasteiger partial charge >= 0.3 is 0 Å². The maximum absolute atomic E-state index is 8.59. The van der Waals surface area contributed by atoms with Crippen molar-refractivity contribution in [2.75, 3.05) is 0 Å². The highest BCUT2D eigenvalue weighted by Gasteiger charge is 2.31. The number of ether oxygens (including phenoxy) is 1. The van der Waals surface area contributed by atoms with Gasteiger partial charge in [-0.1, -0.05) is 6.07 Å². The summed E-state index contributed by atoms with van der Waals surface area (Å²) < 4.78 is 6.88. The molecule has 0 fully saturated rings. The zero-order chi connectivity index (χ0) is 11.8. The highest BCUT2D eigenvalue weighted by atomic mass is 79.9. The summed E-state index contributed by atoms with van der Waals surface area (Å²) in [5.41, 5.74) is 2.33. The van der Waals surface area contributed by atoms with Crippen LogP contribution in [-0.4, -0.2) is 5.60 Å². The van der Waals surface area contributed by atoms with Crippen LogP contribution in [0.1, 0.15) is 31.4 Å². The fourth-order valence-corrected chi connectivity index (χ4v) is 2.70. The SMILES string of the molecule is CC1(C)Cc2cc(CCC#N)cc(Br)c2O1. The van der Waals surface area contributed by atoms with Crippen LogP contribution in [0.2, 0.25) is 0 Å². The van der Waals surface area contributed by atoms with Crippen molar-refractivity contribution in [3.63, 3.8) is 0 Å². The Hall–Kier alpha value is -1.01. The molecule has 0 aromatic heterocycles. The van der Waals surface area contributed by atoms with Crippen molar-refractivity contribution in [2.24, 2.45) is 0 Å². The molecule has 0 aliphatic carbocycles. The molecule has 0 amide bonds. The van der Waals surface area contributed by atoms with E-state index in [2.05, 4.69) is 48.0 Å². The first kappa shape index (κ1) is 11.5. The number of nitriles is 1. The molecule has 1 heterocycles. The standard InChI is InChI=1S/C13H14BrNO/c1-13(2)8-10-6-9(4-3-5-15)7-11(14)12(10)16-13/h6-7H,3-4,8H2,1-2H3. The minimum atomic E-state index is -0.112. The number of aryl methyl sites for hydroxylation is 1. The van der Waals surface area contributed by atoms with Crippen molar-refractivity contribution >= 4 is 15.9 Å². The summed E-state index contributed by atoms with van der Waals surface area (Å²) in [6.07, 6.45) is 2.31. The van der Waals surface area contributed by atoms with Gasteiger partial charge in [0.25, 0.3) is 0 Å². The highest BCUT2D eigenvalue weighted by Crippen LogP contribution is 2.41. The zero-order valence-electron chi connectivity index (χ0n) is 9.51. The molecule has 2 nitrogen and oxygen atoms in total. The Morgan fingerprint density at radius 2 is 2.25 bits per heavy atom. The summed E-state index contributed by atoms with van der Waals surface area (Å²) in [5, 5.41) is 8.59. The minimum absolute atomic E-state index is 0.112. The average molecular weight is 280 g/mol. The fourth-order valence-electron chi connectivity index (χ4n) is 2.07. The smallest absolute Gasteiger partial charge is 0.137 e. The summed E-state index contributed by atoms with van der Waals surface area (Å²) in [5.74, 6) is 0.964. The van der Waals surface area contributed by atoms with Crippen LogP contribution in [0.15, 0.2) is 16.6 Å². The van der Waals surface area contributed by atoms with Crippen LogP contribution < -0.4 is 4.74 Å². The van der Waals surface area contributed by atoms with Gasteiger partial charge in [0.1, 0.15) is 11.4 Å². The second-order valence-electron chi connectivity index (χ2n) is 4.76. The van der Waals surface area contributed by atoms with E-state index < -0.39 is 0 Å². The molecule has 0 atom stereocenters. The van der Waals surface area contributed by atoms with Crippen molar-refractivity contribution in [3.05, 3.63) is 27.7 Å². The van der Waals surface area contributed by atoms with Gasteiger partial charge in [-0.3, -0.25) is 0 Å². The Morgan fingerprint density at radius 3 is 2.94 bits per heavy atom. The van der Waals surface area contributed by atoms with Crippen molar-refractivity contribution < 1.29 is 4.74 Å². The molecule has 0 N–H and O–H groups in total. The molecule has 0 unspecified atom stereocenters. The monoisotopic (exact) mass is 279 g/mol. The van der Waals surface area contributed by atoms with E-state index in [1.807, 2.05) is 0 Å². The summed E-state index contributed by atoms with van der Waals surface area (Å²) in [6, 6.07) is 6.39. The number of rotatable bonds is 2. The number of hydrogen-bond acceptors (Lipinski definition) is 2. The van der Waals surface area contributed by atoms with Crippen LogP contribution in [0.4, 0.5) is 0 Å². The van der Waals surface area contributed by atoms with Crippen LogP contribution in [0.5, 0.6) is 5.75 Å². The van der Waals surface area contributed by atoms with Gasteiger partial charge in [0, 0.05) is 12.8 Å². The van der Waals surface area contributed by atoms with Gasteiger partial charge in [-0.05, 0) is 53.4 Å². The predicted molar refractivity (Wildman–Crippen MR) is 66.5 cm³/mol. The van der Waals surface area contributed by atoms with Gasteiger partial charge in [-0.2, -0.15) is 5.26 Å². The molecule has 3 heteroatoms. The fraction of sp³-hybridized carbons (Fsp3) is 0.462. The van der Waals surface area contributed by atoms with Gasteiger partial charge in [0.05, 0.1) is 10.5 Å². The molecular formula is C13H14BrNO. The molecule has 0 spiro atoms. The lowest BCUT2D eigenvalue weighted by molar-refractivity contribution is 0.137. The first-order valence-electron chi connectivity index (χ1n) is 5.39. The minimum Gasteiger partial charge on any atom is -0.486 e. The largest absolute Gasteiger partial charge is 0.486 e. The first-order valence-corrected chi connectivity index (χ1v) is 6.18. The second-order valence-corrected chi connectivity index (χ2v) is 5.62. The van der Waals surface area contributed by atoms with Gasteiger partial charge in [-0.25, -0.2) is 0 Å². The van der Waals surface area contributed by atoms with E-state index >= 15 is 0 Å². The van der Waals surface area contributed by atoms with Crippen LogP contribution in [0.3, 0.4) is 0 Å². The third kappa shape index (κ3) is 2.22. The quantitative estimate of drug-likeness (QED) is 0.829. The maximum atomic E-state index is 8.59. The van der Waals surface area contributed by atoms with E-state index in [1.54, 1.807) is 0 Å². The number of fused-ring (bicyclic) bond motifs is 1. The normalized spacial score (nSPS) is 16.4. The topological polar surface area (TPSA) is 33.0 Å². The zero-order valence-corrected chi connectivity index (χ0v) is 11.1. The number of hydrogen-bond donors (Lipinski definition) is 0. The molecule has 1 aliphatic heterocycles. The Morgan fingerprint density at radius 1 is 1.50 bits per heavy atom. The van der Waals surface area contributed by atoms with Crippen molar-refractivity contribution in [3.8, 4) is 11.8 Å². The van der Waals surface area contributed by atoms with Gasteiger partial charge in [0.2, 0.25) is 0 Å². The molecule has 0 saturated carbocycles. The summed E-state index contributed by atoms with van der Waals surface area (Å²) in [7, 11) is 0. The summed E-state index contributed by atoms with van der Waals surface area (Å²) in [4.78, 5) is 0. The lowest BCUT2D eigenvalue weighted by Crippen LogP contribution is -2.24. The second kappa shape index (κ2) is 4.10. The molecule has 0 saturated heterocycles. The Kier molecular flexibility index (Phi) is 2.94. The molecule has 1 aromatic rings. The van der Waals surface area contributed by atoms with Crippen LogP contribution >= 0.6 is 15.9 Å². The van der Waals surface area contributed by atoms with Crippen LogP contribution in [0, 0.1) is 11.3 Å². The average Bonchev–Trinajstić information content (AvgIpc) is 2.50. The number of nitrogens with zero attached hydrogens (tertiary/aromatic N) is 1. The third-order valence-corrected chi connectivity index (χ3v) is 3.29. The van der Waals surface area contributed by atoms with Gasteiger partial charge < -0.3 is 4.74 Å². The van der Waals surface area contributed by atoms with E-state index in [4.69, 9.17) is 10.00 Å². The van der Waals surface area contributed by atoms with E-state index in [1.165, 1.54) is 11.1 Å². The van der Waals surface area contributed by atoms with Crippen molar-refractivity contribution in [2.45, 2.75) is 38.7 Å². The molecular weight excluding hydrogens is 266 g/mol. The Bertz CT molecular complexity index is 460. The molecule has 16 heavy (non-hydrogen) atoms. The molecule has 2 rings (SSSR count). The Balaban J connectivity index is 2.31. The van der Waals surface area contributed by atoms with Crippen molar-refractivity contribution in [1.29, 1.82) is 5.26 Å². The molecule has 1 aromatic carbocycles. The van der Waals surface area contributed by atoms with Crippen molar-refractivity contribution in [1.82, 2.24) is 0 Å². The lowest BCUT2D eigenvalue weighted by atomic mass is 9.99. The highest BCUT2D eigenvalue weighted by molar-refractivity contribution is 9.10. The molecule has 1 aliphatic rings. The van der Waals surface area contributed by atoms with E-state index in [0.717, 1.165) is 23.1 Å². The van der Waals surface area contributed by atoms with E-state index in [0.29, 0.717) is 6.42 Å². The lowest BCUT2D eigenvalue weighted by Gasteiger charge is -2.17. The third-order valence-electron chi connectivity index (χ3n) is 2.70. The van der Waals surface area contributed by atoms with E-state index in [-0.39, 0.29) is 5.60 Å². The number of halogens is 1. The van der Waals surface area contributed by atoms with Gasteiger partial charge in [0.15, 0.2) is 0 Å². The van der Waals surface area contributed by atoms with E-state index in [9.17, 15) is 0 Å². The predicted octanol–water partition coefficient (Wildman–Crippen LogP) is 3.62. The van der Waals surface area contributed by atoms with Crippen LogP contribution in [-0.2, 0) is 12.8 Å². The maximum Gasteiger partial charge on any atom is 0.137 e. The molecule has 0 radical (unpaired) electrons. The molecule has 84 valence electrons.